The Kier molecular flexibility index (Phi) is 2.56. The molecule has 2 rings (SSSR count). The third-order valence-corrected chi connectivity index (χ3v) is 2.32. The summed E-state index contributed by atoms with van der Waals surface area (Å²) in [6, 6.07) is 6.25. The topological polar surface area (TPSA) is 9.23 Å². The van der Waals surface area contributed by atoms with Crippen molar-refractivity contribution < 1.29 is 4.74 Å². The van der Waals surface area contributed by atoms with Gasteiger partial charge in [0.05, 0.1) is 0 Å². The third kappa shape index (κ3) is 2.62. The molecule has 0 N–H and O–H groups in total. The summed E-state index contributed by atoms with van der Waals surface area (Å²) in [4.78, 5) is 0. The lowest BCUT2D eigenvalue weighted by molar-refractivity contribution is 0.131. The molecule has 1 radical (unpaired) electrons. The van der Waals surface area contributed by atoms with Gasteiger partial charge in [0.1, 0.15) is 11.4 Å². The quantitative estimate of drug-likeness (QED) is 0.675. The predicted molar refractivity (Wildman–Crippen MR) is 62.1 cm³/mol. The Morgan fingerprint density at radius 3 is 2.80 bits per heavy atom. The average molecular weight is 201 g/mol. The van der Waals surface area contributed by atoms with Crippen molar-refractivity contribution in [3.05, 3.63) is 41.5 Å². The number of allylic oxidation sites excluding steroid dienone is 1. The van der Waals surface area contributed by atoms with Crippen molar-refractivity contribution in [2.75, 3.05) is 0 Å². The smallest absolute Gasteiger partial charge is 0.120 e. The van der Waals surface area contributed by atoms with Crippen LogP contribution >= 0.6 is 0 Å². The van der Waals surface area contributed by atoms with Gasteiger partial charge in [0.15, 0.2) is 0 Å². The van der Waals surface area contributed by atoms with Crippen molar-refractivity contribution in [1.82, 2.24) is 0 Å². The van der Waals surface area contributed by atoms with Crippen LogP contribution in [0, 0.1) is 6.08 Å². The van der Waals surface area contributed by atoms with Crippen LogP contribution in [0.15, 0.2) is 24.3 Å². The number of ether oxygens (including phenoxy) is 1. The monoisotopic (exact) mass is 201 g/mol. The minimum Gasteiger partial charge on any atom is -0.488 e. The molecule has 0 atom stereocenters. The summed E-state index contributed by atoms with van der Waals surface area (Å²) in [7, 11) is 0. The zero-order valence-corrected chi connectivity index (χ0v) is 9.63. The van der Waals surface area contributed by atoms with Gasteiger partial charge in [-0.05, 0) is 62.9 Å². The number of fused-ring (bicyclic) bond motifs is 1. The zero-order chi connectivity index (χ0) is 10.9. The van der Waals surface area contributed by atoms with Crippen LogP contribution in [-0.4, -0.2) is 5.60 Å². The molecule has 0 spiro atoms. The second-order valence-electron chi connectivity index (χ2n) is 4.92. The Bertz CT molecular complexity index is 383. The number of benzene rings is 1. The number of hydrogen-bond donors (Lipinski definition) is 0. The Balaban J connectivity index is 2.25. The van der Waals surface area contributed by atoms with Crippen LogP contribution in [0.2, 0.25) is 0 Å². The summed E-state index contributed by atoms with van der Waals surface area (Å²) in [5, 5.41) is 0. The minimum absolute atomic E-state index is 0.123. The van der Waals surface area contributed by atoms with Gasteiger partial charge < -0.3 is 4.74 Å². The van der Waals surface area contributed by atoms with Gasteiger partial charge in [-0.3, -0.25) is 0 Å². The van der Waals surface area contributed by atoms with Crippen molar-refractivity contribution in [2.24, 2.45) is 0 Å². The first-order valence-electron chi connectivity index (χ1n) is 5.45. The van der Waals surface area contributed by atoms with E-state index < -0.39 is 0 Å². The highest BCUT2D eigenvalue weighted by Crippen LogP contribution is 2.25. The molecule has 0 fully saturated rings. The average Bonchev–Trinajstić information content (AvgIpc) is 2.15. The molecular formula is C14H17O. The molecule has 0 bridgehead atoms. The van der Waals surface area contributed by atoms with Gasteiger partial charge in [0.25, 0.3) is 0 Å². The summed E-state index contributed by atoms with van der Waals surface area (Å²) in [5.41, 5.74) is 2.43. The van der Waals surface area contributed by atoms with E-state index in [9.17, 15) is 0 Å². The normalized spacial score (nSPS) is 14.9. The second kappa shape index (κ2) is 3.73. The maximum atomic E-state index is 5.83. The lowest BCUT2D eigenvalue weighted by Crippen LogP contribution is -2.23. The van der Waals surface area contributed by atoms with E-state index in [0.717, 1.165) is 18.6 Å². The van der Waals surface area contributed by atoms with Crippen molar-refractivity contribution in [3.63, 3.8) is 0 Å². The SMILES string of the molecule is CC(C)(C)Oc1ccc2c(c1)CCC=[C]2. The van der Waals surface area contributed by atoms with Gasteiger partial charge in [0.2, 0.25) is 0 Å². The van der Waals surface area contributed by atoms with E-state index in [1.807, 2.05) is 6.07 Å². The van der Waals surface area contributed by atoms with Crippen LogP contribution in [0.5, 0.6) is 5.75 Å². The fraction of sp³-hybridized carbons (Fsp3) is 0.429. The molecule has 0 amide bonds. The molecule has 0 aromatic heterocycles. The highest BCUT2D eigenvalue weighted by molar-refractivity contribution is 5.41. The maximum absolute atomic E-state index is 5.83. The molecule has 0 aliphatic heterocycles. The van der Waals surface area contributed by atoms with E-state index >= 15 is 0 Å². The zero-order valence-electron chi connectivity index (χ0n) is 9.63. The summed E-state index contributed by atoms with van der Waals surface area (Å²) in [5.74, 6) is 0.963. The summed E-state index contributed by atoms with van der Waals surface area (Å²) in [6.45, 7) is 6.20. The minimum atomic E-state index is -0.123. The largest absolute Gasteiger partial charge is 0.488 e. The maximum Gasteiger partial charge on any atom is 0.120 e. The first-order valence-corrected chi connectivity index (χ1v) is 5.45. The van der Waals surface area contributed by atoms with E-state index in [1.54, 1.807) is 0 Å². The van der Waals surface area contributed by atoms with Gasteiger partial charge >= 0.3 is 0 Å². The number of rotatable bonds is 1. The van der Waals surface area contributed by atoms with Gasteiger partial charge in [-0.2, -0.15) is 0 Å². The highest BCUT2D eigenvalue weighted by Gasteiger charge is 2.13. The molecule has 15 heavy (non-hydrogen) atoms. The van der Waals surface area contributed by atoms with Crippen LogP contribution in [0.3, 0.4) is 0 Å². The molecule has 0 saturated heterocycles. The Labute approximate surface area is 91.8 Å². The van der Waals surface area contributed by atoms with E-state index in [2.05, 4.69) is 45.1 Å². The summed E-state index contributed by atoms with van der Waals surface area (Å²) < 4.78 is 5.83. The van der Waals surface area contributed by atoms with Crippen molar-refractivity contribution in [2.45, 2.75) is 39.2 Å². The second-order valence-corrected chi connectivity index (χ2v) is 4.92. The standard InChI is InChI=1S/C14H17O/c1-14(2,3)15-13-9-8-11-6-4-5-7-12(11)10-13/h4,8-10H,5,7H2,1-3H3. The van der Waals surface area contributed by atoms with E-state index in [4.69, 9.17) is 4.74 Å². The van der Waals surface area contributed by atoms with E-state index in [-0.39, 0.29) is 5.60 Å². The Morgan fingerprint density at radius 2 is 2.07 bits per heavy atom. The molecule has 1 heteroatoms. The molecule has 79 valence electrons. The number of hydrogen-bond acceptors (Lipinski definition) is 1. The summed E-state index contributed by atoms with van der Waals surface area (Å²) in [6.07, 6.45) is 7.57. The first kappa shape index (κ1) is 10.3. The van der Waals surface area contributed by atoms with Crippen LogP contribution in [0.1, 0.15) is 38.3 Å². The number of aryl methyl sites for hydroxylation is 1. The van der Waals surface area contributed by atoms with Crippen LogP contribution in [-0.2, 0) is 6.42 Å². The van der Waals surface area contributed by atoms with Crippen molar-refractivity contribution >= 4 is 0 Å². The van der Waals surface area contributed by atoms with Crippen molar-refractivity contribution in [3.8, 4) is 5.75 Å². The highest BCUT2D eigenvalue weighted by atomic mass is 16.5. The molecular weight excluding hydrogens is 184 g/mol. The molecule has 1 aromatic rings. The van der Waals surface area contributed by atoms with Crippen LogP contribution < -0.4 is 4.74 Å². The van der Waals surface area contributed by atoms with Gasteiger partial charge in [-0.25, -0.2) is 0 Å². The molecule has 1 aromatic carbocycles. The fourth-order valence-corrected chi connectivity index (χ4v) is 1.74. The van der Waals surface area contributed by atoms with Crippen LogP contribution in [0.25, 0.3) is 0 Å². The van der Waals surface area contributed by atoms with Gasteiger partial charge in [0, 0.05) is 0 Å². The van der Waals surface area contributed by atoms with E-state index in [1.165, 1.54) is 11.1 Å². The lowest BCUT2D eigenvalue weighted by atomic mass is 9.97. The lowest BCUT2D eigenvalue weighted by Gasteiger charge is -2.22. The van der Waals surface area contributed by atoms with Crippen molar-refractivity contribution in [1.29, 1.82) is 0 Å². The molecule has 1 aliphatic rings. The van der Waals surface area contributed by atoms with Gasteiger partial charge in [-0.15, -0.1) is 0 Å². The van der Waals surface area contributed by atoms with E-state index in [0.29, 0.717) is 0 Å². The predicted octanol–water partition coefficient (Wildman–Crippen LogP) is 3.52. The fourth-order valence-electron chi connectivity index (χ4n) is 1.74. The molecule has 1 aliphatic carbocycles. The van der Waals surface area contributed by atoms with Crippen LogP contribution in [0.4, 0.5) is 0 Å². The summed E-state index contributed by atoms with van der Waals surface area (Å²) >= 11 is 0. The van der Waals surface area contributed by atoms with Gasteiger partial charge in [-0.1, -0.05) is 12.1 Å². The molecule has 0 heterocycles. The Hall–Kier alpha value is -1.24. The Morgan fingerprint density at radius 1 is 1.27 bits per heavy atom. The molecule has 1 nitrogen and oxygen atoms in total. The molecule has 0 unspecified atom stereocenters. The first-order chi connectivity index (χ1) is 7.04. The third-order valence-electron chi connectivity index (χ3n) is 2.32. The molecule has 0 saturated carbocycles.